The Hall–Kier alpha value is -1.90. The number of aromatic nitrogens is 2. The molecule has 0 radical (unpaired) electrons. The van der Waals surface area contributed by atoms with E-state index in [2.05, 4.69) is 40.4 Å². The smallest absolute Gasteiger partial charge is 0.115 e. The number of rotatable bonds is 3. The molecular weight excluding hydrogens is 222 g/mol. The predicted octanol–water partition coefficient (Wildman–Crippen LogP) is 2.79. The highest BCUT2D eigenvalue weighted by atomic mass is 14.9. The third-order valence-electron chi connectivity index (χ3n) is 3.56. The van der Waals surface area contributed by atoms with Gasteiger partial charge in [-0.25, -0.2) is 9.97 Å². The summed E-state index contributed by atoms with van der Waals surface area (Å²) in [4.78, 5) is 8.09. The summed E-state index contributed by atoms with van der Waals surface area (Å²) in [6.07, 6.45) is 7.41. The first-order chi connectivity index (χ1) is 8.83. The number of benzene rings is 1. The minimum Gasteiger partial charge on any atom is -0.384 e. The molecule has 1 atom stereocenters. The van der Waals surface area contributed by atoms with Crippen LogP contribution in [0.15, 0.2) is 36.9 Å². The summed E-state index contributed by atoms with van der Waals surface area (Å²) in [6.45, 7) is 3.33. The number of nitrogens with zero attached hydrogens (tertiary/aromatic N) is 2. The number of aryl methyl sites for hydroxylation is 2. The lowest BCUT2D eigenvalue weighted by atomic mass is 9.98. The van der Waals surface area contributed by atoms with Gasteiger partial charge in [-0.05, 0) is 35.6 Å². The van der Waals surface area contributed by atoms with Crippen LogP contribution >= 0.6 is 0 Å². The van der Waals surface area contributed by atoms with Crippen molar-refractivity contribution < 1.29 is 0 Å². The van der Waals surface area contributed by atoms with Crippen LogP contribution in [0.5, 0.6) is 0 Å². The maximum atomic E-state index is 4.05. The van der Waals surface area contributed by atoms with E-state index < -0.39 is 0 Å². The minimum absolute atomic E-state index is 0.625. The number of fused-ring (bicyclic) bond motifs is 1. The maximum Gasteiger partial charge on any atom is 0.115 e. The van der Waals surface area contributed by atoms with Crippen LogP contribution in [0.4, 0.5) is 5.69 Å². The van der Waals surface area contributed by atoms with Gasteiger partial charge in [0, 0.05) is 30.5 Å². The lowest BCUT2D eigenvalue weighted by Gasteiger charge is -2.06. The van der Waals surface area contributed by atoms with Crippen LogP contribution in [-0.4, -0.2) is 16.5 Å². The molecule has 1 aliphatic heterocycles. The molecule has 3 heteroatoms. The number of anilines is 1. The summed E-state index contributed by atoms with van der Waals surface area (Å²) in [5, 5.41) is 3.43. The summed E-state index contributed by atoms with van der Waals surface area (Å²) < 4.78 is 0. The van der Waals surface area contributed by atoms with E-state index in [1.54, 1.807) is 6.33 Å². The topological polar surface area (TPSA) is 37.8 Å². The molecule has 92 valence electrons. The average Bonchev–Trinajstić information content (AvgIpc) is 2.79. The molecule has 2 heterocycles. The van der Waals surface area contributed by atoms with E-state index in [-0.39, 0.29) is 0 Å². The molecule has 3 nitrogen and oxygen atoms in total. The first-order valence-electron chi connectivity index (χ1n) is 6.43. The Morgan fingerprint density at radius 2 is 1.94 bits per heavy atom. The first kappa shape index (κ1) is 11.2. The SMILES string of the molecule is C[C@@H]1CNc2ccc(CCc3cncnc3)cc21. The molecule has 0 aliphatic carbocycles. The number of hydrogen-bond donors (Lipinski definition) is 1. The first-order valence-corrected chi connectivity index (χ1v) is 6.43. The largest absolute Gasteiger partial charge is 0.384 e. The minimum atomic E-state index is 0.625. The maximum absolute atomic E-state index is 4.05. The van der Waals surface area contributed by atoms with Gasteiger partial charge in [0.15, 0.2) is 0 Å². The third kappa shape index (κ3) is 2.21. The van der Waals surface area contributed by atoms with Gasteiger partial charge in [-0.15, -0.1) is 0 Å². The van der Waals surface area contributed by atoms with Crippen LogP contribution in [0.3, 0.4) is 0 Å². The van der Waals surface area contributed by atoms with E-state index in [4.69, 9.17) is 0 Å². The Morgan fingerprint density at radius 3 is 2.78 bits per heavy atom. The van der Waals surface area contributed by atoms with Gasteiger partial charge < -0.3 is 5.32 Å². The monoisotopic (exact) mass is 239 g/mol. The molecule has 1 N–H and O–H groups in total. The van der Waals surface area contributed by atoms with E-state index in [1.807, 2.05) is 12.4 Å². The predicted molar refractivity (Wildman–Crippen MR) is 72.8 cm³/mol. The molecule has 2 aromatic rings. The summed E-state index contributed by atoms with van der Waals surface area (Å²) in [5.41, 5.74) is 5.35. The Bertz CT molecular complexity index is 537. The lowest BCUT2D eigenvalue weighted by molar-refractivity contribution is 0.849. The van der Waals surface area contributed by atoms with Crippen molar-refractivity contribution in [3.63, 3.8) is 0 Å². The van der Waals surface area contributed by atoms with Crippen molar-refractivity contribution in [2.24, 2.45) is 0 Å². The molecule has 3 rings (SSSR count). The van der Waals surface area contributed by atoms with E-state index in [1.165, 1.54) is 22.4 Å². The molecule has 1 aliphatic rings. The van der Waals surface area contributed by atoms with Gasteiger partial charge in [0.25, 0.3) is 0 Å². The highest BCUT2D eigenvalue weighted by Gasteiger charge is 2.17. The number of hydrogen-bond acceptors (Lipinski definition) is 3. The van der Waals surface area contributed by atoms with Gasteiger partial charge in [0.05, 0.1) is 0 Å². The fraction of sp³-hybridized carbons (Fsp3) is 0.333. The molecule has 1 aromatic carbocycles. The molecule has 0 bridgehead atoms. The zero-order valence-electron chi connectivity index (χ0n) is 10.6. The van der Waals surface area contributed by atoms with E-state index in [9.17, 15) is 0 Å². The quantitative estimate of drug-likeness (QED) is 0.895. The molecule has 1 aromatic heterocycles. The summed E-state index contributed by atoms with van der Waals surface area (Å²) in [7, 11) is 0. The van der Waals surface area contributed by atoms with Crippen LogP contribution in [-0.2, 0) is 12.8 Å². The Labute approximate surface area is 107 Å². The van der Waals surface area contributed by atoms with Crippen LogP contribution in [0.25, 0.3) is 0 Å². The van der Waals surface area contributed by atoms with Gasteiger partial charge in [-0.2, -0.15) is 0 Å². The van der Waals surface area contributed by atoms with Crippen LogP contribution in [0.2, 0.25) is 0 Å². The normalized spacial score (nSPS) is 17.3. The average molecular weight is 239 g/mol. The second kappa shape index (κ2) is 4.77. The van der Waals surface area contributed by atoms with E-state index >= 15 is 0 Å². The molecule has 0 fully saturated rings. The standard InChI is InChI=1S/C15H17N3/c1-11-7-18-15-5-4-12(6-14(11)15)2-3-13-8-16-10-17-9-13/h4-6,8-11,18H,2-3,7H2,1H3/t11-/m1/s1. The molecule has 18 heavy (non-hydrogen) atoms. The fourth-order valence-corrected chi connectivity index (χ4v) is 2.46. The Morgan fingerprint density at radius 1 is 1.17 bits per heavy atom. The zero-order valence-corrected chi connectivity index (χ0v) is 10.6. The Balaban J connectivity index is 1.72. The fourth-order valence-electron chi connectivity index (χ4n) is 2.46. The van der Waals surface area contributed by atoms with Gasteiger partial charge in [0.1, 0.15) is 6.33 Å². The van der Waals surface area contributed by atoms with Crippen LogP contribution in [0.1, 0.15) is 29.5 Å². The molecule has 0 spiro atoms. The van der Waals surface area contributed by atoms with Crippen LogP contribution < -0.4 is 5.32 Å². The van der Waals surface area contributed by atoms with Gasteiger partial charge in [-0.1, -0.05) is 19.1 Å². The molecule has 0 amide bonds. The van der Waals surface area contributed by atoms with Crippen molar-refractivity contribution >= 4 is 5.69 Å². The molecule has 0 saturated heterocycles. The van der Waals surface area contributed by atoms with Crippen LogP contribution in [0, 0.1) is 0 Å². The zero-order chi connectivity index (χ0) is 12.4. The summed E-state index contributed by atoms with van der Waals surface area (Å²) in [6, 6.07) is 6.76. The molecule has 0 saturated carbocycles. The van der Waals surface area contributed by atoms with Crippen molar-refractivity contribution in [3.05, 3.63) is 53.6 Å². The Kier molecular flexibility index (Phi) is 2.97. The molecular formula is C15H17N3. The highest BCUT2D eigenvalue weighted by Crippen LogP contribution is 2.31. The van der Waals surface area contributed by atoms with Gasteiger partial charge in [-0.3, -0.25) is 0 Å². The van der Waals surface area contributed by atoms with Crippen molar-refractivity contribution in [2.75, 3.05) is 11.9 Å². The summed E-state index contributed by atoms with van der Waals surface area (Å²) in [5.74, 6) is 0.625. The second-order valence-corrected chi connectivity index (χ2v) is 4.95. The highest BCUT2D eigenvalue weighted by molar-refractivity contribution is 5.58. The van der Waals surface area contributed by atoms with Crippen molar-refractivity contribution in [3.8, 4) is 0 Å². The lowest BCUT2D eigenvalue weighted by Crippen LogP contribution is -1.96. The summed E-state index contributed by atoms with van der Waals surface area (Å²) >= 11 is 0. The van der Waals surface area contributed by atoms with Crippen molar-refractivity contribution in [1.82, 2.24) is 9.97 Å². The van der Waals surface area contributed by atoms with Gasteiger partial charge >= 0.3 is 0 Å². The number of nitrogens with one attached hydrogen (secondary N) is 1. The van der Waals surface area contributed by atoms with Gasteiger partial charge in [0.2, 0.25) is 0 Å². The third-order valence-corrected chi connectivity index (χ3v) is 3.56. The van der Waals surface area contributed by atoms with E-state index in [0.717, 1.165) is 19.4 Å². The van der Waals surface area contributed by atoms with Crippen molar-refractivity contribution in [2.45, 2.75) is 25.7 Å². The van der Waals surface area contributed by atoms with Crippen molar-refractivity contribution in [1.29, 1.82) is 0 Å². The van der Waals surface area contributed by atoms with E-state index in [0.29, 0.717) is 5.92 Å². The molecule has 0 unspecified atom stereocenters. The second-order valence-electron chi connectivity index (χ2n) is 4.95.